The molecule has 0 radical (unpaired) electrons. The van der Waals surface area contributed by atoms with Gasteiger partial charge in [-0.2, -0.15) is 13.2 Å². The van der Waals surface area contributed by atoms with Crippen molar-refractivity contribution in [2.75, 3.05) is 5.43 Å². The topological polar surface area (TPSA) is 71.8 Å². The molecule has 0 fully saturated rings. The molecule has 3 rings (SSSR count). The number of pyridine rings is 2. The zero-order valence-electron chi connectivity index (χ0n) is 13.0. The van der Waals surface area contributed by atoms with Crippen LogP contribution in [0.4, 0.5) is 18.9 Å². The average molecular weight is 382 g/mol. The second-order valence-electron chi connectivity index (χ2n) is 5.11. The minimum atomic E-state index is -4.56. The molecule has 2 N–H and O–H groups in total. The Kier molecular flexibility index (Phi) is 4.81. The first-order chi connectivity index (χ1) is 12.4. The van der Waals surface area contributed by atoms with Gasteiger partial charge < -0.3 is 0 Å². The highest BCUT2D eigenvalue weighted by Gasteiger charge is 2.32. The van der Waals surface area contributed by atoms with Crippen molar-refractivity contribution in [2.45, 2.75) is 6.18 Å². The van der Waals surface area contributed by atoms with Crippen LogP contribution in [0.3, 0.4) is 0 Å². The molecule has 134 valence electrons. The van der Waals surface area contributed by atoms with E-state index in [0.717, 1.165) is 6.07 Å². The smallest absolute Gasteiger partial charge is 0.297 e. The number of nitrogens with zero attached hydrogens (tertiary/aromatic N) is 3. The van der Waals surface area contributed by atoms with Gasteiger partial charge in [-0.3, -0.25) is 25.2 Å². The number of rotatable bonds is 4. The third-order valence-corrected chi connectivity index (χ3v) is 3.62. The monoisotopic (exact) mass is 381 g/mol. The molecule has 3 heterocycles. The maximum Gasteiger partial charge on any atom is 0.417 e. The van der Waals surface area contributed by atoms with Crippen molar-refractivity contribution in [3.05, 3.63) is 71.4 Å². The van der Waals surface area contributed by atoms with E-state index < -0.39 is 17.6 Å². The summed E-state index contributed by atoms with van der Waals surface area (Å²) in [7, 11) is 0. The molecule has 26 heavy (non-hydrogen) atoms. The third kappa shape index (κ3) is 3.77. The molecule has 0 unspecified atom stereocenters. The van der Waals surface area contributed by atoms with E-state index in [1.807, 2.05) is 0 Å². The van der Waals surface area contributed by atoms with Gasteiger partial charge in [-0.15, -0.1) is 0 Å². The van der Waals surface area contributed by atoms with Crippen molar-refractivity contribution >= 4 is 23.2 Å². The number of amides is 1. The molecule has 3 aromatic heterocycles. The van der Waals surface area contributed by atoms with Crippen LogP contribution >= 0.6 is 11.6 Å². The number of alkyl halides is 3. The normalized spacial score (nSPS) is 11.2. The predicted octanol–water partition coefficient (Wildman–Crippen LogP) is 3.70. The number of halogens is 4. The van der Waals surface area contributed by atoms with E-state index in [0.29, 0.717) is 11.9 Å². The highest BCUT2D eigenvalue weighted by Crippen LogP contribution is 2.32. The van der Waals surface area contributed by atoms with Gasteiger partial charge in [0.15, 0.2) is 5.82 Å². The lowest BCUT2D eigenvalue weighted by molar-refractivity contribution is -0.137. The van der Waals surface area contributed by atoms with E-state index in [9.17, 15) is 18.0 Å². The number of carbonyl (C=O) groups is 1. The Balaban J connectivity index is 1.83. The Bertz CT molecular complexity index is 927. The van der Waals surface area contributed by atoms with Crippen molar-refractivity contribution in [3.63, 3.8) is 0 Å². The molecule has 10 heteroatoms. The minimum Gasteiger partial charge on any atom is -0.297 e. The summed E-state index contributed by atoms with van der Waals surface area (Å²) in [4.78, 5) is 20.0. The SMILES string of the molecule is O=C(NNc1cccnc1)c1cccn1-c1ncc(C(F)(F)F)cc1Cl. The summed E-state index contributed by atoms with van der Waals surface area (Å²) in [5.41, 5.74) is 4.87. The molecule has 0 aliphatic heterocycles. The van der Waals surface area contributed by atoms with Crippen LogP contribution in [0.15, 0.2) is 55.1 Å². The van der Waals surface area contributed by atoms with Gasteiger partial charge in [0, 0.05) is 18.6 Å². The van der Waals surface area contributed by atoms with Crippen molar-refractivity contribution < 1.29 is 18.0 Å². The average Bonchev–Trinajstić information content (AvgIpc) is 3.09. The molecule has 6 nitrogen and oxygen atoms in total. The summed E-state index contributed by atoms with van der Waals surface area (Å²) in [6, 6.07) is 7.17. The number of aromatic nitrogens is 3. The highest BCUT2D eigenvalue weighted by molar-refractivity contribution is 6.32. The molecule has 0 saturated carbocycles. The lowest BCUT2D eigenvalue weighted by Gasteiger charge is -2.13. The third-order valence-electron chi connectivity index (χ3n) is 3.34. The lowest BCUT2D eigenvalue weighted by atomic mass is 10.2. The second kappa shape index (κ2) is 7.04. The van der Waals surface area contributed by atoms with Crippen molar-refractivity contribution in [3.8, 4) is 5.82 Å². The van der Waals surface area contributed by atoms with E-state index in [-0.39, 0.29) is 16.5 Å². The van der Waals surface area contributed by atoms with Gasteiger partial charge in [0.2, 0.25) is 0 Å². The number of hydrazine groups is 1. The maximum absolute atomic E-state index is 12.7. The number of carbonyl (C=O) groups excluding carboxylic acids is 1. The van der Waals surface area contributed by atoms with E-state index in [2.05, 4.69) is 20.8 Å². The first-order valence-electron chi connectivity index (χ1n) is 7.23. The number of anilines is 1. The fourth-order valence-electron chi connectivity index (χ4n) is 2.14. The molecule has 0 bridgehead atoms. The van der Waals surface area contributed by atoms with Crippen molar-refractivity contribution in [2.24, 2.45) is 0 Å². The van der Waals surface area contributed by atoms with Crippen LogP contribution in [0.1, 0.15) is 16.1 Å². The Morgan fingerprint density at radius 2 is 2.00 bits per heavy atom. The van der Waals surface area contributed by atoms with Crippen LogP contribution in [0.25, 0.3) is 5.82 Å². The van der Waals surface area contributed by atoms with Gasteiger partial charge in [0.05, 0.1) is 22.5 Å². The molecule has 0 aliphatic carbocycles. The van der Waals surface area contributed by atoms with E-state index in [1.54, 1.807) is 24.4 Å². The molecule has 0 aromatic carbocycles. The van der Waals surface area contributed by atoms with E-state index in [1.165, 1.54) is 23.0 Å². The van der Waals surface area contributed by atoms with Gasteiger partial charge in [-0.25, -0.2) is 4.98 Å². The predicted molar refractivity (Wildman–Crippen MR) is 88.9 cm³/mol. The number of nitrogens with one attached hydrogen (secondary N) is 2. The van der Waals surface area contributed by atoms with Gasteiger partial charge in [-0.1, -0.05) is 11.6 Å². The maximum atomic E-state index is 12.7. The second-order valence-corrected chi connectivity index (χ2v) is 5.52. The summed E-state index contributed by atoms with van der Waals surface area (Å²) >= 11 is 5.94. The fraction of sp³-hybridized carbons (Fsp3) is 0.0625. The summed E-state index contributed by atoms with van der Waals surface area (Å²) in [5, 5.41) is -0.231. The highest BCUT2D eigenvalue weighted by atomic mass is 35.5. The molecule has 0 aliphatic rings. The Morgan fingerprint density at radius 3 is 2.65 bits per heavy atom. The van der Waals surface area contributed by atoms with Gasteiger partial charge in [0.1, 0.15) is 5.69 Å². The molecular formula is C16H11ClF3N5O. The van der Waals surface area contributed by atoms with Crippen LogP contribution in [-0.2, 0) is 6.18 Å². The van der Waals surface area contributed by atoms with Crippen molar-refractivity contribution in [1.29, 1.82) is 0 Å². The largest absolute Gasteiger partial charge is 0.417 e. The van der Waals surface area contributed by atoms with Gasteiger partial charge in [0.25, 0.3) is 5.91 Å². The quantitative estimate of drug-likeness (QED) is 0.676. The first-order valence-corrected chi connectivity index (χ1v) is 7.61. The van der Waals surface area contributed by atoms with Crippen LogP contribution < -0.4 is 10.9 Å². The lowest BCUT2D eigenvalue weighted by Crippen LogP contribution is -2.31. The summed E-state index contributed by atoms with van der Waals surface area (Å²) < 4.78 is 39.5. The Labute approximate surface area is 150 Å². The zero-order valence-corrected chi connectivity index (χ0v) is 13.7. The fourth-order valence-corrected chi connectivity index (χ4v) is 2.40. The summed E-state index contributed by atoms with van der Waals surface area (Å²) in [6.45, 7) is 0. The minimum absolute atomic E-state index is 0.0104. The summed E-state index contributed by atoms with van der Waals surface area (Å²) in [6.07, 6.45) is 0.668. The van der Waals surface area contributed by atoms with E-state index in [4.69, 9.17) is 11.6 Å². The first kappa shape index (κ1) is 17.7. The standard InChI is InChI=1S/C16H11ClF3N5O/c17-12-7-10(16(18,19)20)8-22-14(12)25-6-2-4-13(25)15(26)24-23-11-3-1-5-21-9-11/h1-9,23H,(H,24,26). The molecule has 0 atom stereocenters. The molecule has 0 saturated heterocycles. The van der Waals surface area contributed by atoms with Crippen LogP contribution in [0, 0.1) is 0 Å². The molecule has 1 amide bonds. The Morgan fingerprint density at radius 1 is 1.19 bits per heavy atom. The number of hydrogen-bond donors (Lipinski definition) is 2. The van der Waals surface area contributed by atoms with Crippen LogP contribution in [-0.4, -0.2) is 20.4 Å². The molecule has 0 spiro atoms. The Hall–Kier alpha value is -3.07. The summed E-state index contributed by atoms with van der Waals surface area (Å²) in [5.74, 6) is -0.521. The number of hydrogen-bond acceptors (Lipinski definition) is 4. The molecule has 3 aromatic rings. The van der Waals surface area contributed by atoms with Crippen LogP contribution in [0.2, 0.25) is 5.02 Å². The molecular weight excluding hydrogens is 371 g/mol. The van der Waals surface area contributed by atoms with Gasteiger partial charge in [-0.05, 0) is 30.3 Å². The van der Waals surface area contributed by atoms with E-state index >= 15 is 0 Å². The van der Waals surface area contributed by atoms with Crippen molar-refractivity contribution in [1.82, 2.24) is 20.0 Å². The van der Waals surface area contributed by atoms with Crippen LogP contribution in [0.5, 0.6) is 0 Å². The zero-order chi connectivity index (χ0) is 18.7. The van der Waals surface area contributed by atoms with Gasteiger partial charge >= 0.3 is 6.18 Å².